The summed E-state index contributed by atoms with van der Waals surface area (Å²) in [6, 6.07) is 0. The summed E-state index contributed by atoms with van der Waals surface area (Å²) in [7, 11) is 0. The average Bonchev–Trinajstić information content (AvgIpc) is 2.37. The molecule has 1 aromatic rings. The molecule has 62 valence electrons. The van der Waals surface area contributed by atoms with Crippen LogP contribution in [0.3, 0.4) is 0 Å². The summed E-state index contributed by atoms with van der Waals surface area (Å²) in [5.74, 6) is 2.43. The molecular weight excluding hydrogens is 160 g/mol. The maximum absolute atomic E-state index is 8.92. The molecule has 3 nitrogen and oxygen atoms in total. The van der Waals surface area contributed by atoms with Crippen LogP contribution in [0.25, 0.3) is 0 Å². The SMILES string of the molecule is CCSCCn1cc(O)cn1. The van der Waals surface area contributed by atoms with Gasteiger partial charge in [0.2, 0.25) is 0 Å². The molecule has 0 saturated heterocycles. The highest BCUT2D eigenvalue weighted by molar-refractivity contribution is 7.99. The van der Waals surface area contributed by atoms with E-state index >= 15 is 0 Å². The van der Waals surface area contributed by atoms with E-state index < -0.39 is 0 Å². The standard InChI is InChI=1S/C7H12N2OS/c1-2-11-4-3-9-6-7(10)5-8-9/h5-6,10H,2-4H2,1H3. The molecule has 4 heteroatoms. The first-order valence-electron chi connectivity index (χ1n) is 3.62. The topological polar surface area (TPSA) is 38.0 Å². The number of aryl methyl sites for hydroxylation is 1. The Morgan fingerprint density at radius 2 is 2.55 bits per heavy atom. The van der Waals surface area contributed by atoms with Crippen molar-refractivity contribution in [2.24, 2.45) is 0 Å². The zero-order chi connectivity index (χ0) is 8.10. The normalized spacial score (nSPS) is 10.3. The van der Waals surface area contributed by atoms with Gasteiger partial charge >= 0.3 is 0 Å². The van der Waals surface area contributed by atoms with E-state index in [0.29, 0.717) is 0 Å². The molecule has 0 aliphatic carbocycles. The lowest BCUT2D eigenvalue weighted by Gasteiger charge is -1.97. The summed E-state index contributed by atoms with van der Waals surface area (Å²) in [5, 5.41) is 12.9. The predicted molar refractivity (Wildman–Crippen MR) is 46.9 cm³/mol. The zero-order valence-electron chi connectivity index (χ0n) is 6.53. The van der Waals surface area contributed by atoms with E-state index in [-0.39, 0.29) is 5.75 Å². The number of aromatic hydroxyl groups is 1. The van der Waals surface area contributed by atoms with Crippen LogP contribution in [0, 0.1) is 0 Å². The Kier molecular flexibility index (Phi) is 3.29. The Balaban J connectivity index is 2.27. The molecule has 11 heavy (non-hydrogen) atoms. The molecule has 0 aliphatic heterocycles. The van der Waals surface area contributed by atoms with Crippen molar-refractivity contribution in [2.45, 2.75) is 13.5 Å². The average molecular weight is 172 g/mol. The fourth-order valence-electron chi connectivity index (χ4n) is 0.777. The minimum Gasteiger partial charge on any atom is -0.505 e. The van der Waals surface area contributed by atoms with Crippen LogP contribution < -0.4 is 0 Å². The lowest BCUT2D eigenvalue weighted by Crippen LogP contribution is -2.00. The first-order chi connectivity index (χ1) is 5.33. The quantitative estimate of drug-likeness (QED) is 0.696. The summed E-state index contributed by atoms with van der Waals surface area (Å²) in [6.07, 6.45) is 3.09. The van der Waals surface area contributed by atoms with E-state index in [9.17, 15) is 0 Å². The van der Waals surface area contributed by atoms with Gasteiger partial charge in [-0.3, -0.25) is 4.68 Å². The van der Waals surface area contributed by atoms with Gasteiger partial charge in [-0.1, -0.05) is 6.92 Å². The summed E-state index contributed by atoms with van der Waals surface area (Å²) in [6.45, 7) is 3.00. The van der Waals surface area contributed by atoms with E-state index in [1.165, 1.54) is 6.20 Å². The molecule has 1 rings (SSSR count). The van der Waals surface area contributed by atoms with E-state index in [4.69, 9.17) is 5.11 Å². The lowest BCUT2D eigenvalue weighted by molar-refractivity contribution is 0.474. The van der Waals surface area contributed by atoms with Gasteiger partial charge in [0.15, 0.2) is 5.75 Å². The highest BCUT2D eigenvalue weighted by Gasteiger charge is 1.93. The number of nitrogens with zero attached hydrogens (tertiary/aromatic N) is 2. The van der Waals surface area contributed by atoms with Gasteiger partial charge in [0.1, 0.15) is 0 Å². The molecule has 0 aliphatic rings. The van der Waals surface area contributed by atoms with Crippen LogP contribution in [0.1, 0.15) is 6.92 Å². The van der Waals surface area contributed by atoms with Gasteiger partial charge in [0.05, 0.1) is 18.9 Å². The van der Waals surface area contributed by atoms with Crippen LogP contribution in [0.4, 0.5) is 0 Å². The molecular formula is C7H12N2OS. The molecule has 0 saturated carbocycles. The van der Waals surface area contributed by atoms with Crippen LogP contribution >= 0.6 is 11.8 Å². The second-order valence-electron chi connectivity index (χ2n) is 2.16. The Labute approximate surface area is 70.4 Å². The van der Waals surface area contributed by atoms with Gasteiger partial charge in [-0.2, -0.15) is 16.9 Å². The summed E-state index contributed by atoms with van der Waals surface area (Å²) < 4.78 is 1.75. The summed E-state index contributed by atoms with van der Waals surface area (Å²) in [4.78, 5) is 0. The van der Waals surface area contributed by atoms with E-state index in [2.05, 4.69) is 12.0 Å². The van der Waals surface area contributed by atoms with Gasteiger partial charge in [0.25, 0.3) is 0 Å². The fraction of sp³-hybridized carbons (Fsp3) is 0.571. The van der Waals surface area contributed by atoms with Crippen molar-refractivity contribution in [3.63, 3.8) is 0 Å². The first kappa shape index (κ1) is 8.46. The first-order valence-corrected chi connectivity index (χ1v) is 4.77. The monoisotopic (exact) mass is 172 g/mol. The van der Waals surface area contributed by atoms with Crippen LogP contribution in [0.2, 0.25) is 0 Å². The molecule has 0 bridgehead atoms. The van der Waals surface area contributed by atoms with Gasteiger partial charge in [-0.05, 0) is 5.75 Å². The van der Waals surface area contributed by atoms with Crippen LogP contribution in [-0.4, -0.2) is 26.4 Å². The van der Waals surface area contributed by atoms with Gasteiger partial charge < -0.3 is 5.11 Å². The molecule has 1 aromatic heterocycles. The van der Waals surface area contributed by atoms with E-state index in [1.807, 2.05) is 11.8 Å². The van der Waals surface area contributed by atoms with Crippen molar-refractivity contribution < 1.29 is 5.11 Å². The third kappa shape index (κ3) is 2.84. The van der Waals surface area contributed by atoms with Crippen LogP contribution in [0.15, 0.2) is 12.4 Å². The lowest BCUT2D eigenvalue weighted by atomic mass is 10.6. The van der Waals surface area contributed by atoms with E-state index in [0.717, 1.165) is 18.1 Å². The summed E-state index contributed by atoms with van der Waals surface area (Å²) >= 11 is 1.87. The molecule has 0 unspecified atom stereocenters. The van der Waals surface area contributed by atoms with Crippen LogP contribution in [-0.2, 0) is 6.54 Å². The van der Waals surface area contributed by atoms with Crippen molar-refractivity contribution in [2.75, 3.05) is 11.5 Å². The number of aromatic nitrogens is 2. The highest BCUT2D eigenvalue weighted by Crippen LogP contribution is 2.05. The molecule has 0 amide bonds. The molecule has 0 fully saturated rings. The van der Waals surface area contributed by atoms with E-state index in [1.54, 1.807) is 10.9 Å². The van der Waals surface area contributed by atoms with Crippen molar-refractivity contribution in [3.8, 4) is 5.75 Å². The van der Waals surface area contributed by atoms with Crippen molar-refractivity contribution in [1.82, 2.24) is 9.78 Å². The van der Waals surface area contributed by atoms with Crippen molar-refractivity contribution in [1.29, 1.82) is 0 Å². The maximum atomic E-state index is 8.92. The minimum atomic E-state index is 0.242. The number of hydrogen-bond donors (Lipinski definition) is 1. The number of rotatable bonds is 4. The van der Waals surface area contributed by atoms with Gasteiger partial charge in [0, 0.05) is 5.75 Å². The Morgan fingerprint density at radius 1 is 1.73 bits per heavy atom. The smallest absolute Gasteiger partial charge is 0.153 e. The summed E-state index contributed by atoms with van der Waals surface area (Å²) in [5.41, 5.74) is 0. The molecule has 0 aromatic carbocycles. The number of thioether (sulfide) groups is 1. The molecule has 1 heterocycles. The maximum Gasteiger partial charge on any atom is 0.153 e. The largest absolute Gasteiger partial charge is 0.505 e. The Morgan fingerprint density at radius 3 is 3.09 bits per heavy atom. The molecule has 0 spiro atoms. The van der Waals surface area contributed by atoms with Gasteiger partial charge in [-0.25, -0.2) is 0 Å². The van der Waals surface area contributed by atoms with Crippen molar-refractivity contribution >= 4 is 11.8 Å². The van der Waals surface area contributed by atoms with Crippen LogP contribution in [0.5, 0.6) is 5.75 Å². The fourth-order valence-corrected chi connectivity index (χ4v) is 1.38. The number of hydrogen-bond acceptors (Lipinski definition) is 3. The second kappa shape index (κ2) is 4.28. The Hall–Kier alpha value is -0.640. The van der Waals surface area contributed by atoms with Gasteiger partial charge in [-0.15, -0.1) is 0 Å². The molecule has 1 N–H and O–H groups in total. The molecule has 0 radical (unpaired) electrons. The second-order valence-corrected chi connectivity index (χ2v) is 3.55. The Bertz CT molecular complexity index is 212. The highest BCUT2D eigenvalue weighted by atomic mass is 32.2. The van der Waals surface area contributed by atoms with Crippen molar-refractivity contribution in [3.05, 3.63) is 12.4 Å². The third-order valence-corrected chi connectivity index (χ3v) is 2.17. The predicted octanol–water partition coefficient (Wildman–Crippen LogP) is 1.34. The zero-order valence-corrected chi connectivity index (χ0v) is 7.34. The minimum absolute atomic E-state index is 0.242. The molecule has 0 atom stereocenters. The third-order valence-electron chi connectivity index (χ3n) is 1.29.